The van der Waals surface area contributed by atoms with Crippen molar-refractivity contribution in [3.63, 3.8) is 0 Å². The molecule has 2 aromatic rings. The van der Waals surface area contributed by atoms with E-state index in [-0.39, 0.29) is 0 Å². The molecular formula is C16H12F5. The predicted octanol–water partition coefficient (Wildman–Crippen LogP) is 4.91. The highest BCUT2D eigenvalue weighted by molar-refractivity contribution is 5.48. The molecule has 0 aromatic heterocycles. The summed E-state index contributed by atoms with van der Waals surface area (Å²) in [5.41, 5.74) is 1.83. The van der Waals surface area contributed by atoms with Gasteiger partial charge in [-0.25, -0.2) is 22.0 Å². The monoisotopic (exact) mass is 299 g/mol. The Morgan fingerprint density at radius 3 is 1.43 bits per heavy atom. The van der Waals surface area contributed by atoms with Crippen LogP contribution < -0.4 is 0 Å². The van der Waals surface area contributed by atoms with Crippen LogP contribution in [-0.2, 0) is 0 Å². The van der Waals surface area contributed by atoms with Crippen molar-refractivity contribution in [1.29, 1.82) is 0 Å². The Morgan fingerprint density at radius 1 is 0.619 bits per heavy atom. The maximum absolute atomic E-state index is 13.7. The van der Waals surface area contributed by atoms with E-state index in [0.717, 1.165) is 12.0 Å². The minimum Gasteiger partial charge on any atom is -0.203 e. The summed E-state index contributed by atoms with van der Waals surface area (Å²) in [5, 5.41) is 0. The summed E-state index contributed by atoms with van der Waals surface area (Å²) in [5.74, 6) is -9.69. The number of benzene rings is 2. The molecule has 0 spiro atoms. The van der Waals surface area contributed by atoms with E-state index < -0.39 is 34.6 Å². The fraction of sp³-hybridized carbons (Fsp3) is 0.188. The van der Waals surface area contributed by atoms with Gasteiger partial charge in [-0.3, -0.25) is 0 Å². The van der Waals surface area contributed by atoms with E-state index in [1.54, 1.807) is 26.0 Å². The van der Waals surface area contributed by atoms with Crippen molar-refractivity contribution in [3.05, 3.63) is 75.5 Å². The average molecular weight is 299 g/mol. The molecule has 0 fully saturated rings. The lowest BCUT2D eigenvalue weighted by atomic mass is 9.93. The van der Waals surface area contributed by atoms with Gasteiger partial charge in [-0.2, -0.15) is 0 Å². The lowest BCUT2D eigenvalue weighted by molar-refractivity contribution is 0.374. The van der Waals surface area contributed by atoms with E-state index in [1.807, 2.05) is 6.92 Å². The van der Waals surface area contributed by atoms with E-state index >= 15 is 0 Å². The molecule has 0 amide bonds. The van der Waals surface area contributed by atoms with E-state index in [1.165, 1.54) is 0 Å². The number of halogens is 5. The number of hydrogen-bond acceptors (Lipinski definition) is 0. The molecule has 0 aliphatic rings. The highest BCUT2D eigenvalue weighted by atomic mass is 19.2. The number of aryl methyl sites for hydroxylation is 3. The van der Waals surface area contributed by atoms with Crippen LogP contribution in [0.1, 0.15) is 27.8 Å². The summed E-state index contributed by atoms with van der Waals surface area (Å²) in [6, 6.07) is 3.54. The fourth-order valence-corrected chi connectivity index (χ4v) is 2.31. The minimum absolute atomic E-state index is 0.434. The molecule has 0 nitrogen and oxygen atoms in total. The Morgan fingerprint density at radius 2 is 1.00 bits per heavy atom. The standard InChI is InChI=1S/C16H12F5/c1-7-4-8(2)10(9(3)5-7)6-11-12(17)14(19)16(21)15(20)13(11)18/h4-6H,1-3H3. The second kappa shape index (κ2) is 5.47. The van der Waals surface area contributed by atoms with E-state index in [9.17, 15) is 22.0 Å². The van der Waals surface area contributed by atoms with Gasteiger partial charge in [0.2, 0.25) is 5.82 Å². The first kappa shape index (κ1) is 15.5. The van der Waals surface area contributed by atoms with Crippen molar-refractivity contribution < 1.29 is 22.0 Å². The lowest BCUT2D eigenvalue weighted by Crippen LogP contribution is -2.08. The van der Waals surface area contributed by atoms with Crippen LogP contribution in [0, 0.1) is 56.3 Å². The molecule has 1 radical (unpaired) electrons. The SMILES string of the molecule is Cc1cc(C)c([CH]c2c(F)c(F)c(F)c(F)c2F)c(C)c1. The summed E-state index contributed by atoms with van der Waals surface area (Å²) in [6.07, 6.45) is 0.986. The molecule has 0 aliphatic heterocycles. The number of rotatable bonds is 2. The summed E-state index contributed by atoms with van der Waals surface area (Å²) in [7, 11) is 0. The first-order valence-electron chi connectivity index (χ1n) is 6.18. The van der Waals surface area contributed by atoms with Gasteiger partial charge >= 0.3 is 0 Å². The third-order valence-electron chi connectivity index (χ3n) is 3.27. The zero-order chi connectivity index (χ0) is 15.9. The first-order chi connectivity index (χ1) is 9.73. The highest BCUT2D eigenvalue weighted by Crippen LogP contribution is 2.28. The van der Waals surface area contributed by atoms with Gasteiger partial charge in [0.25, 0.3) is 0 Å². The zero-order valence-corrected chi connectivity index (χ0v) is 11.6. The predicted molar refractivity (Wildman–Crippen MR) is 69.4 cm³/mol. The molecular weight excluding hydrogens is 287 g/mol. The quantitative estimate of drug-likeness (QED) is 0.420. The summed E-state index contributed by atoms with van der Waals surface area (Å²) in [6.45, 7) is 5.26. The normalized spacial score (nSPS) is 11.0. The Bertz CT molecular complexity index is 667. The van der Waals surface area contributed by atoms with Crippen molar-refractivity contribution in [2.75, 3.05) is 0 Å². The highest BCUT2D eigenvalue weighted by Gasteiger charge is 2.26. The van der Waals surface area contributed by atoms with Crippen molar-refractivity contribution in [3.8, 4) is 0 Å². The second-order valence-corrected chi connectivity index (χ2v) is 4.94. The lowest BCUT2D eigenvalue weighted by Gasteiger charge is -2.13. The van der Waals surface area contributed by atoms with Gasteiger partial charge in [-0.1, -0.05) is 17.7 Å². The molecule has 0 saturated carbocycles. The molecule has 2 rings (SSSR count). The van der Waals surface area contributed by atoms with Crippen LogP contribution in [0.4, 0.5) is 22.0 Å². The van der Waals surface area contributed by atoms with E-state index in [0.29, 0.717) is 16.7 Å². The molecule has 0 N–H and O–H groups in total. The Hall–Kier alpha value is -1.91. The van der Waals surface area contributed by atoms with Crippen LogP contribution in [0.3, 0.4) is 0 Å². The van der Waals surface area contributed by atoms with Crippen molar-refractivity contribution >= 4 is 0 Å². The third-order valence-corrected chi connectivity index (χ3v) is 3.27. The van der Waals surface area contributed by atoms with Crippen molar-refractivity contribution in [1.82, 2.24) is 0 Å². The Kier molecular flexibility index (Phi) is 4.03. The van der Waals surface area contributed by atoms with Crippen molar-refractivity contribution in [2.24, 2.45) is 0 Å². The molecule has 0 aliphatic carbocycles. The van der Waals surface area contributed by atoms with Gasteiger partial charge in [-0.15, -0.1) is 0 Å². The van der Waals surface area contributed by atoms with Gasteiger partial charge in [0.15, 0.2) is 23.3 Å². The Balaban J connectivity index is 2.61. The van der Waals surface area contributed by atoms with Crippen LogP contribution in [0.2, 0.25) is 0 Å². The van der Waals surface area contributed by atoms with Crippen LogP contribution in [0.25, 0.3) is 0 Å². The zero-order valence-electron chi connectivity index (χ0n) is 11.6. The third kappa shape index (κ3) is 2.64. The van der Waals surface area contributed by atoms with Gasteiger partial charge in [0.1, 0.15) is 0 Å². The van der Waals surface area contributed by atoms with Crippen LogP contribution in [0.15, 0.2) is 12.1 Å². The molecule has 5 heteroatoms. The molecule has 0 unspecified atom stereocenters. The summed E-state index contributed by atoms with van der Waals surface area (Å²) < 4.78 is 66.7. The molecule has 0 bridgehead atoms. The maximum Gasteiger partial charge on any atom is 0.200 e. The molecule has 111 valence electrons. The molecule has 0 saturated heterocycles. The van der Waals surface area contributed by atoms with Crippen molar-refractivity contribution in [2.45, 2.75) is 20.8 Å². The smallest absolute Gasteiger partial charge is 0.200 e. The average Bonchev–Trinajstić information content (AvgIpc) is 2.41. The maximum atomic E-state index is 13.7. The minimum atomic E-state index is -2.15. The van der Waals surface area contributed by atoms with E-state index in [2.05, 4.69) is 0 Å². The van der Waals surface area contributed by atoms with Crippen LogP contribution >= 0.6 is 0 Å². The molecule has 0 heterocycles. The van der Waals surface area contributed by atoms with Crippen LogP contribution in [-0.4, -0.2) is 0 Å². The topological polar surface area (TPSA) is 0 Å². The Labute approximate surface area is 119 Å². The largest absolute Gasteiger partial charge is 0.203 e. The first-order valence-corrected chi connectivity index (χ1v) is 6.18. The van der Waals surface area contributed by atoms with Gasteiger partial charge in [0.05, 0.1) is 0 Å². The summed E-state index contributed by atoms with van der Waals surface area (Å²) in [4.78, 5) is 0. The molecule has 2 aromatic carbocycles. The van der Waals surface area contributed by atoms with Gasteiger partial charge < -0.3 is 0 Å². The van der Waals surface area contributed by atoms with Gasteiger partial charge in [-0.05, 0) is 37.5 Å². The molecule has 21 heavy (non-hydrogen) atoms. The molecule has 0 atom stereocenters. The van der Waals surface area contributed by atoms with Crippen LogP contribution in [0.5, 0.6) is 0 Å². The summed E-state index contributed by atoms with van der Waals surface area (Å²) >= 11 is 0. The fourth-order valence-electron chi connectivity index (χ4n) is 2.31. The van der Waals surface area contributed by atoms with Gasteiger partial charge in [0, 0.05) is 12.0 Å². The van der Waals surface area contributed by atoms with E-state index in [4.69, 9.17) is 0 Å². The number of hydrogen-bond donors (Lipinski definition) is 0. The second-order valence-electron chi connectivity index (χ2n) is 4.94.